The Bertz CT molecular complexity index is 396. The lowest BCUT2D eigenvalue weighted by Gasteiger charge is -2.25. The van der Waals surface area contributed by atoms with Crippen molar-refractivity contribution in [2.24, 2.45) is 0 Å². The fourth-order valence-electron chi connectivity index (χ4n) is 2.00. The van der Waals surface area contributed by atoms with E-state index in [-0.39, 0.29) is 5.41 Å². The summed E-state index contributed by atoms with van der Waals surface area (Å²) in [5.74, 6) is 0. The van der Waals surface area contributed by atoms with Gasteiger partial charge in [0.05, 0.1) is 0 Å². The van der Waals surface area contributed by atoms with Crippen molar-refractivity contribution in [2.75, 3.05) is 6.54 Å². The fourth-order valence-corrected chi connectivity index (χ4v) is 2.00. The summed E-state index contributed by atoms with van der Waals surface area (Å²) in [4.78, 5) is 0. The highest BCUT2D eigenvalue weighted by Crippen LogP contribution is 2.28. The zero-order valence-corrected chi connectivity index (χ0v) is 9.85. The smallest absolute Gasteiger partial charge is 0.0343 e. The lowest BCUT2D eigenvalue weighted by atomic mass is 9.84. The van der Waals surface area contributed by atoms with Gasteiger partial charge in [-0.2, -0.15) is 0 Å². The van der Waals surface area contributed by atoms with Crippen LogP contribution in [0.4, 0.5) is 0 Å². The fraction of sp³-hybridized carbons (Fsp3) is 0.429. The minimum absolute atomic E-state index is 0.237. The molecule has 0 bridgehead atoms. The van der Waals surface area contributed by atoms with Crippen LogP contribution < -0.4 is 5.32 Å². The van der Waals surface area contributed by atoms with E-state index in [1.807, 2.05) is 0 Å². The van der Waals surface area contributed by atoms with Gasteiger partial charge in [-0.1, -0.05) is 45.5 Å². The summed E-state index contributed by atoms with van der Waals surface area (Å²) in [7, 11) is 0. The van der Waals surface area contributed by atoms with Gasteiger partial charge in [-0.3, -0.25) is 0 Å². The molecule has 0 saturated heterocycles. The zero-order valence-electron chi connectivity index (χ0n) is 9.85. The van der Waals surface area contributed by atoms with Crippen LogP contribution in [0.1, 0.15) is 37.5 Å². The van der Waals surface area contributed by atoms with Crippen molar-refractivity contribution in [2.45, 2.75) is 32.6 Å². The molecule has 2 rings (SSSR count). The van der Waals surface area contributed by atoms with E-state index >= 15 is 0 Å². The van der Waals surface area contributed by atoms with Crippen LogP contribution in [0, 0.1) is 0 Å². The molecule has 1 aliphatic heterocycles. The summed E-state index contributed by atoms with van der Waals surface area (Å²) in [5, 5.41) is 3.30. The molecule has 0 spiro atoms. The van der Waals surface area contributed by atoms with E-state index in [4.69, 9.17) is 0 Å². The second-order valence-corrected chi connectivity index (χ2v) is 5.28. The van der Waals surface area contributed by atoms with Gasteiger partial charge in [-0.05, 0) is 23.0 Å². The van der Waals surface area contributed by atoms with Gasteiger partial charge in [0.1, 0.15) is 0 Å². The van der Waals surface area contributed by atoms with Gasteiger partial charge in [-0.15, -0.1) is 0 Å². The summed E-state index contributed by atoms with van der Waals surface area (Å²) >= 11 is 0. The molecule has 0 radical (unpaired) electrons. The van der Waals surface area contributed by atoms with Crippen LogP contribution in [0.15, 0.2) is 24.8 Å². The number of rotatable bonds is 0. The molecule has 0 amide bonds. The average molecular weight is 201 g/mol. The predicted molar refractivity (Wildman–Crippen MR) is 65.9 cm³/mol. The third-order valence-electron chi connectivity index (χ3n) is 3.03. The maximum Gasteiger partial charge on any atom is 0.0343 e. The van der Waals surface area contributed by atoms with Gasteiger partial charge in [0.15, 0.2) is 0 Å². The Morgan fingerprint density at radius 2 is 2.00 bits per heavy atom. The number of hydrogen-bond acceptors (Lipinski definition) is 1. The van der Waals surface area contributed by atoms with Crippen molar-refractivity contribution < 1.29 is 0 Å². The van der Waals surface area contributed by atoms with Crippen molar-refractivity contribution in [1.29, 1.82) is 0 Å². The van der Waals surface area contributed by atoms with Crippen molar-refractivity contribution in [3.8, 4) is 0 Å². The molecule has 15 heavy (non-hydrogen) atoms. The molecule has 1 aromatic carbocycles. The Kier molecular flexibility index (Phi) is 2.34. The van der Waals surface area contributed by atoms with Crippen LogP contribution in [0.3, 0.4) is 0 Å². The Labute approximate surface area is 92.2 Å². The van der Waals surface area contributed by atoms with Crippen LogP contribution in [0.25, 0.3) is 5.70 Å². The van der Waals surface area contributed by atoms with E-state index in [1.54, 1.807) is 0 Å². The summed E-state index contributed by atoms with van der Waals surface area (Å²) in [6.07, 6.45) is 1.11. The van der Waals surface area contributed by atoms with E-state index in [1.165, 1.54) is 16.7 Å². The number of nitrogens with one attached hydrogen (secondary N) is 1. The lowest BCUT2D eigenvalue weighted by Crippen LogP contribution is -2.23. The standard InChI is InChI=1S/C14H19N/c1-10-13-6-5-12(14(2,3)4)9-11(13)7-8-15-10/h5-6,9,15H,1,7-8H2,2-4H3. The molecule has 0 aromatic heterocycles. The van der Waals surface area contributed by atoms with Crippen molar-refractivity contribution in [3.05, 3.63) is 41.5 Å². The topological polar surface area (TPSA) is 12.0 Å². The van der Waals surface area contributed by atoms with Crippen LogP contribution in [0.5, 0.6) is 0 Å². The normalized spacial score (nSPS) is 15.8. The minimum atomic E-state index is 0.237. The predicted octanol–water partition coefficient (Wildman–Crippen LogP) is 3.10. The Balaban J connectivity index is 2.46. The second kappa shape index (κ2) is 3.41. The summed E-state index contributed by atoms with van der Waals surface area (Å²) in [6.45, 7) is 11.8. The first kappa shape index (κ1) is 10.3. The maximum absolute atomic E-state index is 4.04. The third-order valence-corrected chi connectivity index (χ3v) is 3.03. The van der Waals surface area contributed by atoms with Gasteiger partial charge in [0, 0.05) is 17.8 Å². The summed E-state index contributed by atoms with van der Waals surface area (Å²) in [5.41, 5.74) is 5.44. The first-order valence-electron chi connectivity index (χ1n) is 5.55. The Hall–Kier alpha value is -1.24. The highest BCUT2D eigenvalue weighted by atomic mass is 14.9. The molecule has 1 nitrogen and oxygen atoms in total. The molecule has 1 aliphatic rings. The number of hydrogen-bond donors (Lipinski definition) is 1. The highest BCUT2D eigenvalue weighted by Gasteiger charge is 2.17. The van der Waals surface area contributed by atoms with Gasteiger partial charge >= 0.3 is 0 Å². The number of fused-ring (bicyclic) bond motifs is 1. The quantitative estimate of drug-likeness (QED) is 0.680. The molecule has 0 atom stereocenters. The Morgan fingerprint density at radius 1 is 1.27 bits per heavy atom. The molecule has 1 heterocycles. The third kappa shape index (κ3) is 1.92. The van der Waals surface area contributed by atoms with Gasteiger partial charge in [-0.25, -0.2) is 0 Å². The molecule has 0 aliphatic carbocycles. The maximum atomic E-state index is 4.04. The molecule has 1 heteroatoms. The van der Waals surface area contributed by atoms with Crippen LogP contribution in [-0.4, -0.2) is 6.54 Å². The minimum Gasteiger partial charge on any atom is -0.385 e. The van der Waals surface area contributed by atoms with E-state index in [0.717, 1.165) is 18.7 Å². The molecule has 0 unspecified atom stereocenters. The van der Waals surface area contributed by atoms with Crippen molar-refractivity contribution in [1.82, 2.24) is 5.32 Å². The largest absolute Gasteiger partial charge is 0.385 e. The Morgan fingerprint density at radius 3 is 2.67 bits per heavy atom. The molecule has 80 valence electrons. The molecule has 1 aromatic rings. The van der Waals surface area contributed by atoms with Crippen molar-refractivity contribution in [3.63, 3.8) is 0 Å². The zero-order chi connectivity index (χ0) is 11.1. The number of benzene rings is 1. The van der Waals surface area contributed by atoms with Crippen LogP contribution in [-0.2, 0) is 11.8 Å². The van der Waals surface area contributed by atoms with E-state index in [2.05, 4.69) is 50.9 Å². The summed E-state index contributed by atoms with van der Waals surface area (Å²) < 4.78 is 0. The van der Waals surface area contributed by atoms with E-state index in [9.17, 15) is 0 Å². The van der Waals surface area contributed by atoms with Crippen LogP contribution >= 0.6 is 0 Å². The SMILES string of the molecule is C=C1NCCc2cc(C(C)(C)C)ccc21. The first-order valence-corrected chi connectivity index (χ1v) is 5.55. The highest BCUT2D eigenvalue weighted by molar-refractivity contribution is 5.67. The van der Waals surface area contributed by atoms with E-state index in [0.29, 0.717) is 0 Å². The van der Waals surface area contributed by atoms with Gasteiger partial charge in [0.2, 0.25) is 0 Å². The second-order valence-electron chi connectivity index (χ2n) is 5.28. The molecular formula is C14H19N. The molecule has 0 fully saturated rings. The van der Waals surface area contributed by atoms with Crippen molar-refractivity contribution >= 4 is 5.70 Å². The lowest BCUT2D eigenvalue weighted by molar-refractivity contribution is 0.588. The van der Waals surface area contributed by atoms with Gasteiger partial charge < -0.3 is 5.32 Å². The van der Waals surface area contributed by atoms with Gasteiger partial charge in [0.25, 0.3) is 0 Å². The first-order chi connectivity index (χ1) is 6.98. The average Bonchev–Trinajstić information content (AvgIpc) is 2.16. The van der Waals surface area contributed by atoms with Crippen LogP contribution in [0.2, 0.25) is 0 Å². The molecule has 1 N–H and O–H groups in total. The summed E-state index contributed by atoms with van der Waals surface area (Å²) in [6, 6.07) is 6.75. The molecular weight excluding hydrogens is 182 g/mol. The molecule has 0 saturated carbocycles. The monoisotopic (exact) mass is 201 g/mol. The van der Waals surface area contributed by atoms with E-state index < -0.39 is 0 Å².